The van der Waals surface area contributed by atoms with E-state index in [1.165, 1.54) is 33.1 Å². The highest BCUT2D eigenvalue weighted by Gasteiger charge is 2.38. The molecular formula is C25H23ClN4O3S3. The number of fused-ring (bicyclic) bond motifs is 1. The van der Waals surface area contributed by atoms with Crippen LogP contribution in [0.4, 0.5) is 0 Å². The maximum atomic E-state index is 13.6. The molecule has 5 rings (SSSR count). The van der Waals surface area contributed by atoms with Crippen molar-refractivity contribution in [3.8, 4) is 11.3 Å². The van der Waals surface area contributed by atoms with E-state index in [9.17, 15) is 13.2 Å². The Labute approximate surface area is 222 Å². The van der Waals surface area contributed by atoms with Crippen molar-refractivity contribution in [3.63, 3.8) is 0 Å². The Hall–Kier alpha value is -2.47. The predicted octanol–water partition coefficient (Wildman–Crippen LogP) is 5.02. The second kappa shape index (κ2) is 10.5. The van der Waals surface area contributed by atoms with Crippen LogP contribution in [0, 0.1) is 0 Å². The molecule has 1 fully saturated rings. The van der Waals surface area contributed by atoms with Gasteiger partial charge in [-0.25, -0.2) is 13.4 Å². The largest absolute Gasteiger partial charge is 0.302 e. The van der Waals surface area contributed by atoms with Gasteiger partial charge in [-0.15, -0.1) is 29.3 Å². The highest BCUT2D eigenvalue weighted by molar-refractivity contribution is 7.89. The van der Waals surface area contributed by atoms with Crippen molar-refractivity contribution in [2.45, 2.75) is 17.8 Å². The van der Waals surface area contributed by atoms with Crippen LogP contribution in [0.5, 0.6) is 0 Å². The minimum absolute atomic E-state index is 0.0927. The highest BCUT2D eigenvalue weighted by atomic mass is 35.5. The lowest BCUT2D eigenvalue weighted by Crippen LogP contribution is -2.55. The van der Waals surface area contributed by atoms with E-state index < -0.39 is 21.3 Å². The Morgan fingerprint density at radius 1 is 1.19 bits per heavy atom. The fourth-order valence-corrected chi connectivity index (χ4v) is 8.58. The first-order valence-electron chi connectivity index (χ1n) is 11.2. The lowest BCUT2D eigenvalue weighted by atomic mass is 10.2. The van der Waals surface area contributed by atoms with E-state index in [4.69, 9.17) is 16.6 Å². The standard InChI is InChI=1S/C25H23ClN4O3S3/c1-2-24(23-11-18-3-4-19(26)12-22(18)35-23)36(32,33)30-10-9-29(20(13-30)15-31)14-25-28-21(16-34-25)17-5-7-27-8-6-17/h2-8,11-12,15-16,20,24H,1,9-10,13-14H2. The molecule has 186 valence electrons. The molecule has 1 aliphatic heterocycles. The van der Waals surface area contributed by atoms with Crippen molar-refractivity contribution in [3.05, 3.63) is 81.7 Å². The zero-order chi connectivity index (χ0) is 25.3. The van der Waals surface area contributed by atoms with Crippen LogP contribution >= 0.6 is 34.3 Å². The summed E-state index contributed by atoms with van der Waals surface area (Å²) in [5, 5.41) is 3.50. The number of thiophene rings is 1. The number of benzene rings is 1. The summed E-state index contributed by atoms with van der Waals surface area (Å²) < 4.78 is 29.6. The van der Waals surface area contributed by atoms with Gasteiger partial charge in [0.05, 0.1) is 18.3 Å². The highest BCUT2D eigenvalue weighted by Crippen LogP contribution is 2.37. The number of hydrogen-bond acceptors (Lipinski definition) is 8. The zero-order valence-corrected chi connectivity index (χ0v) is 22.4. The minimum Gasteiger partial charge on any atom is -0.302 e. The Bertz CT molecular complexity index is 1500. The number of pyridine rings is 1. The number of rotatable bonds is 8. The molecule has 2 unspecified atom stereocenters. The fourth-order valence-electron chi connectivity index (χ4n) is 4.30. The quantitative estimate of drug-likeness (QED) is 0.223. The van der Waals surface area contributed by atoms with Gasteiger partial charge in [0.2, 0.25) is 10.0 Å². The van der Waals surface area contributed by atoms with E-state index in [-0.39, 0.29) is 13.1 Å². The maximum absolute atomic E-state index is 13.6. The van der Waals surface area contributed by atoms with Gasteiger partial charge >= 0.3 is 0 Å². The van der Waals surface area contributed by atoms with Crippen molar-refractivity contribution in [1.29, 1.82) is 0 Å². The van der Waals surface area contributed by atoms with Crippen LogP contribution in [0.3, 0.4) is 0 Å². The molecule has 7 nitrogen and oxygen atoms in total. The Balaban J connectivity index is 1.31. The molecule has 0 saturated carbocycles. The zero-order valence-electron chi connectivity index (χ0n) is 19.2. The minimum atomic E-state index is -3.77. The van der Waals surface area contributed by atoms with Crippen LogP contribution in [0.1, 0.15) is 15.1 Å². The Morgan fingerprint density at radius 2 is 2.00 bits per heavy atom. The molecule has 0 bridgehead atoms. The number of aldehydes is 1. The van der Waals surface area contributed by atoms with Crippen LogP contribution in [-0.4, -0.2) is 59.6 Å². The van der Waals surface area contributed by atoms with Crippen molar-refractivity contribution in [2.75, 3.05) is 19.6 Å². The molecular weight excluding hydrogens is 536 g/mol. The topological polar surface area (TPSA) is 83.5 Å². The lowest BCUT2D eigenvalue weighted by molar-refractivity contribution is -0.114. The number of carbonyl (C=O) groups excluding carboxylic acids is 1. The van der Waals surface area contributed by atoms with Gasteiger partial charge in [0.25, 0.3) is 0 Å². The molecule has 0 radical (unpaired) electrons. The average Bonchev–Trinajstić information content (AvgIpc) is 3.51. The van der Waals surface area contributed by atoms with Gasteiger partial charge in [-0.3, -0.25) is 9.88 Å². The summed E-state index contributed by atoms with van der Waals surface area (Å²) in [6.45, 7) is 5.10. The van der Waals surface area contributed by atoms with Crippen LogP contribution in [0.15, 0.2) is 66.8 Å². The molecule has 3 aromatic heterocycles. The SMILES string of the molecule is C=CC(c1cc2ccc(Cl)cc2s1)S(=O)(=O)N1CCN(Cc2nc(-c3ccncc3)cs2)C(C=O)C1. The van der Waals surface area contributed by atoms with Gasteiger partial charge in [-0.05, 0) is 35.7 Å². The molecule has 1 aromatic carbocycles. The van der Waals surface area contributed by atoms with Crippen molar-refractivity contribution < 1.29 is 13.2 Å². The number of sulfonamides is 1. The third-order valence-electron chi connectivity index (χ3n) is 6.20. The van der Waals surface area contributed by atoms with Crippen LogP contribution in [0.2, 0.25) is 5.02 Å². The third-order valence-corrected chi connectivity index (χ3v) is 10.7. The van der Waals surface area contributed by atoms with Gasteiger partial charge in [-0.2, -0.15) is 4.31 Å². The fraction of sp³-hybridized carbons (Fsp3) is 0.240. The summed E-state index contributed by atoms with van der Waals surface area (Å²) in [5.74, 6) is 0. The number of piperazine rings is 1. The van der Waals surface area contributed by atoms with Gasteiger partial charge in [-0.1, -0.05) is 23.7 Å². The predicted molar refractivity (Wildman–Crippen MR) is 146 cm³/mol. The van der Waals surface area contributed by atoms with Crippen LogP contribution < -0.4 is 0 Å². The van der Waals surface area contributed by atoms with Gasteiger partial charge in [0.15, 0.2) is 0 Å². The van der Waals surface area contributed by atoms with Gasteiger partial charge in [0, 0.05) is 57.6 Å². The van der Waals surface area contributed by atoms with E-state index >= 15 is 0 Å². The van der Waals surface area contributed by atoms with Crippen molar-refractivity contribution in [1.82, 2.24) is 19.2 Å². The van der Waals surface area contributed by atoms with E-state index in [2.05, 4.69) is 11.6 Å². The van der Waals surface area contributed by atoms with Crippen molar-refractivity contribution in [2.24, 2.45) is 0 Å². The molecule has 1 saturated heterocycles. The number of aromatic nitrogens is 2. The molecule has 36 heavy (non-hydrogen) atoms. The number of carbonyl (C=O) groups is 1. The summed E-state index contributed by atoms with van der Waals surface area (Å²) in [4.78, 5) is 23.4. The first kappa shape index (κ1) is 25.2. The summed E-state index contributed by atoms with van der Waals surface area (Å²) >= 11 is 9.02. The van der Waals surface area contributed by atoms with E-state index in [1.807, 2.05) is 40.6 Å². The van der Waals surface area contributed by atoms with E-state index in [0.29, 0.717) is 23.0 Å². The summed E-state index contributed by atoms with van der Waals surface area (Å²) in [7, 11) is -3.77. The Kier molecular flexibility index (Phi) is 7.34. The third kappa shape index (κ3) is 5.02. The molecule has 0 amide bonds. The second-order valence-electron chi connectivity index (χ2n) is 8.43. The van der Waals surface area contributed by atoms with Crippen LogP contribution in [-0.2, 0) is 21.4 Å². The molecule has 4 aromatic rings. The molecule has 0 aliphatic carbocycles. The van der Waals surface area contributed by atoms with Gasteiger partial charge < -0.3 is 4.79 Å². The molecule has 0 N–H and O–H groups in total. The van der Waals surface area contributed by atoms with Crippen LogP contribution in [0.25, 0.3) is 21.3 Å². The second-order valence-corrected chi connectivity index (χ2v) is 13.0. The summed E-state index contributed by atoms with van der Waals surface area (Å²) in [6, 6.07) is 10.6. The number of thiazole rings is 1. The maximum Gasteiger partial charge on any atom is 0.225 e. The van der Waals surface area contributed by atoms with E-state index in [1.54, 1.807) is 18.5 Å². The van der Waals surface area contributed by atoms with Crippen molar-refractivity contribution >= 4 is 60.7 Å². The number of halogens is 1. The Morgan fingerprint density at radius 3 is 2.75 bits per heavy atom. The molecule has 4 heterocycles. The van der Waals surface area contributed by atoms with E-state index in [0.717, 1.165) is 32.6 Å². The molecule has 11 heteroatoms. The molecule has 2 atom stereocenters. The monoisotopic (exact) mass is 558 g/mol. The number of nitrogens with zero attached hydrogens (tertiary/aromatic N) is 4. The smallest absolute Gasteiger partial charge is 0.225 e. The first-order valence-corrected chi connectivity index (χ1v) is 14.8. The number of hydrogen-bond donors (Lipinski definition) is 0. The summed E-state index contributed by atoms with van der Waals surface area (Å²) in [6.07, 6.45) is 5.73. The summed E-state index contributed by atoms with van der Waals surface area (Å²) in [5.41, 5.74) is 1.84. The average molecular weight is 559 g/mol. The normalized spacial score (nSPS) is 18.3. The van der Waals surface area contributed by atoms with Gasteiger partial charge in [0.1, 0.15) is 16.5 Å². The first-order chi connectivity index (χ1) is 17.4. The molecule has 0 spiro atoms. The molecule has 1 aliphatic rings. The lowest BCUT2D eigenvalue weighted by Gasteiger charge is -2.38.